The summed E-state index contributed by atoms with van der Waals surface area (Å²) < 4.78 is 43.7. The van der Waals surface area contributed by atoms with Crippen molar-refractivity contribution in [3.63, 3.8) is 0 Å². The summed E-state index contributed by atoms with van der Waals surface area (Å²) in [4.78, 5) is 12.6. The van der Waals surface area contributed by atoms with Gasteiger partial charge in [-0.15, -0.1) is 0 Å². The van der Waals surface area contributed by atoms with Crippen LogP contribution in [-0.4, -0.2) is 61.4 Å². The van der Waals surface area contributed by atoms with Crippen molar-refractivity contribution in [2.75, 3.05) is 6.61 Å². The molecular weight excluding hydrogens is 753 g/mol. The maximum atomic E-state index is 12.6. The molecule has 4 unspecified atom stereocenters. The van der Waals surface area contributed by atoms with Crippen LogP contribution in [0.15, 0.2) is 152 Å². The molecule has 2 heterocycles. The molecule has 5 aromatic rings. The summed E-state index contributed by atoms with van der Waals surface area (Å²) in [5.74, 6) is 0.00637. The summed E-state index contributed by atoms with van der Waals surface area (Å²) in [6, 6.07) is 49.7. The van der Waals surface area contributed by atoms with Gasteiger partial charge in [-0.2, -0.15) is 0 Å². The van der Waals surface area contributed by atoms with Crippen molar-refractivity contribution in [1.29, 1.82) is 0 Å². The summed E-state index contributed by atoms with van der Waals surface area (Å²) >= 11 is 0. The quantitative estimate of drug-likeness (QED) is 0.0911. The highest BCUT2D eigenvalue weighted by atomic mass is 16.6. The molecule has 0 aliphatic carbocycles. The van der Waals surface area contributed by atoms with Gasteiger partial charge in [0.2, 0.25) is 0 Å². The Kier molecular flexibility index (Phi) is 17.5. The standard InChI is InChI=1S/C29H32O5.C23H30O3/c1-21-22(2)34-26(20-33-29(30)25-16-10-5-11-17-25)28(32-19-24-14-8-4-9-15-24)27(21)31-18-23-12-6-3-7-13-23;1-4-21-23(25-16-20-13-9-6-10-14-20)22(17(2)18(3)26-21)24-15-19-11-7-5-8-12-19/h3-17,21-22,26-28H,18-20H2,1-2H3;5-14,17-18,21-23H,4,15-16H2,1-3H3/t21?,22-,26?,27-,28-;17?,18-,21?,22-,23+/m00/s1. The largest absolute Gasteiger partial charge is 0.459 e. The molecule has 0 spiro atoms. The Balaban J connectivity index is 0.000000209. The summed E-state index contributed by atoms with van der Waals surface area (Å²) in [6.07, 6.45) is -0.0135. The van der Waals surface area contributed by atoms with E-state index >= 15 is 0 Å². The number of ether oxygens (including phenoxy) is 7. The highest BCUT2D eigenvalue weighted by molar-refractivity contribution is 5.89. The van der Waals surface area contributed by atoms with E-state index in [-0.39, 0.29) is 61.0 Å². The van der Waals surface area contributed by atoms with Gasteiger partial charge in [-0.25, -0.2) is 4.79 Å². The van der Waals surface area contributed by atoms with E-state index in [2.05, 4.69) is 52.0 Å². The third-order valence-electron chi connectivity index (χ3n) is 11.6. The van der Waals surface area contributed by atoms with E-state index in [4.69, 9.17) is 33.2 Å². The predicted octanol–water partition coefficient (Wildman–Crippen LogP) is 10.4. The van der Waals surface area contributed by atoms with E-state index < -0.39 is 12.2 Å². The number of carbonyl (C=O) groups is 1. The molecule has 318 valence electrons. The van der Waals surface area contributed by atoms with Gasteiger partial charge in [0.1, 0.15) is 24.9 Å². The molecule has 0 amide bonds. The number of hydrogen-bond donors (Lipinski definition) is 0. The fourth-order valence-corrected chi connectivity index (χ4v) is 7.75. The second-order valence-corrected chi connectivity index (χ2v) is 15.9. The average Bonchev–Trinajstić information content (AvgIpc) is 3.30. The van der Waals surface area contributed by atoms with Crippen molar-refractivity contribution < 1.29 is 38.0 Å². The lowest BCUT2D eigenvalue weighted by Gasteiger charge is -2.44. The highest BCUT2D eigenvalue weighted by Gasteiger charge is 2.45. The van der Waals surface area contributed by atoms with Crippen LogP contribution in [0.1, 0.15) is 73.7 Å². The summed E-state index contributed by atoms with van der Waals surface area (Å²) in [5, 5.41) is 0. The summed E-state index contributed by atoms with van der Waals surface area (Å²) in [6.45, 7) is 12.8. The van der Waals surface area contributed by atoms with Crippen molar-refractivity contribution in [3.8, 4) is 0 Å². The van der Waals surface area contributed by atoms with Crippen LogP contribution in [0, 0.1) is 11.8 Å². The van der Waals surface area contributed by atoms with Crippen LogP contribution in [0.25, 0.3) is 0 Å². The molecule has 8 heteroatoms. The minimum atomic E-state index is -0.441. The van der Waals surface area contributed by atoms with Crippen molar-refractivity contribution in [2.45, 2.75) is 116 Å². The molecule has 10 atom stereocenters. The zero-order valence-electron chi connectivity index (χ0n) is 35.7. The predicted molar refractivity (Wildman–Crippen MR) is 234 cm³/mol. The van der Waals surface area contributed by atoms with Crippen LogP contribution in [0.5, 0.6) is 0 Å². The average molecular weight is 815 g/mol. The third-order valence-corrected chi connectivity index (χ3v) is 11.6. The first-order valence-corrected chi connectivity index (χ1v) is 21.5. The lowest BCUT2D eigenvalue weighted by molar-refractivity contribution is -0.234. The number of carbonyl (C=O) groups excluding carboxylic acids is 1. The number of benzene rings is 5. The van der Waals surface area contributed by atoms with Crippen LogP contribution < -0.4 is 0 Å². The van der Waals surface area contributed by atoms with Crippen LogP contribution in [0.4, 0.5) is 0 Å². The molecule has 2 aliphatic rings. The Morgan fingerprint density at radius 3 is 1.13 bits per heavy atom. The zero-order valence-corrected chi connectivity index (χ0v) is 35.7. The second-order valence-electron chi connectivity index (χ2n) is 15.9. The van der Waals surface area contributed by atoms with Crippen LogP contribution in [0.3, 0.4) is 0 Å². The molecule has 0 saturated carbocycles. The van der Waals surface area contributed by atoms with E-state index in [1.54, 1.807) is 12.1 Å². The van der Waals surface area contributed by atoms with Gasteiger partial charge < -0.3 is 33.2 Å². The molecule has 0 radical (unpaired) electrons. The van der Waals surface area contributed by atoms with Crippen molar-refractivity contribution in [3.05, 3.63) is 179 Å². The third kappa shape index (κ3) is 12.9. The summed E-state index contributed by atoms with van der Waals surface area (Å²) in [5.41, 5.74) is 5.04. The molecule has 7 rings (SSSR count). The Hall–Kier alpha value is -4.67. The lowest BCUT2D eigenvalue weighted by Crippen LogP contribution is -2.56. The van der Waals surface area contributed by atoms with E-state index in [0.29, 0.717) is 32.0 Å². The molecule has 8 nitrogen and oxygen atoms in total. The molecule has 0 N–H and O–H groups in total. The SMILES string of the molecule is CC1[C@H](C)OC(COC(=O)c2ccccc2)[C@H](OCc2ccccc2)[C@H]1OCc1ccccc1.CCC1O[C@@H](C)C(C)[C@H](OCc2ccccc2)[C@@H]1OCc1ccccc1. The van der Waals surface area contributed by atoms with Gasteiger partial charge in [-0.3, -0.25) is 0 Å². The highest BCUT2D eigenvalue weighted by Crippen LogP contribution is 2.34. The molecule has 0 aromatic heterocycles. The number of rotatable bonds is 16. The van der Waals surface area contributed by atoms with Crippen molar-refractivity contribution >= 4 is 5.97 Å². The van der Waals surface area contributed by atoms with E-state index in [9.17, 15) is 4.79 Å². The van der Waals surface area contributed by atoms with Gasteiger partial charge >= 0.3 is 5.97 Å². The van der Waals surface area contributed by atoms with Gasteiger partial charge in [-0.1, -0.05) is 160 Å². The van der Waals surface area contributed by atoms with E-state index in [1.807, 2.05) is 122 Å². The van der Waals surface area contributed by atoms with Gasteiger partial charge in [-0.05, 0) is 54.7 Å². The first-order valence-electron chi connectivity index (χ1n) is 21.5. The Morgan fingerprint density at radius 2 is 0.767 bits per heavy atom. The molecule has 0 bridgehead atoms. The van der Waals surface area contributed by atoms with Gasteiger partial charge in [0.05, 0.1) is 62.5 Å². The van der Waals surface area contributed by atoms with Crippen molar-refractivity contribution in [2.24, 2.45) is 11.8 Å². The Bertz CT molecular complexity index is 1890. The van der Waals surface area contributed by atoms with E-state index in [0.717, 1.165) is 17.5 Å². The minimum absolute atomic E-state index is 0.0209. The fourth-order valence-electron chi connectivity index (χ4n) is 7.75. The molecule has 5 aromatic carbocycles. The molecule has 2 aliphatic heterocycles. The molecule has 60 heavy (non-hydrogen) atoms. The molecular formula is C52H62O8. The fraction of sp³-hybridized carbons (Fsp3) is 0.404. The number of hydrogen-bond acceptors (Lipinski definition) is 8. The molecule has 2 fully saturated rings. The van der Waals surface area contributed by atoms with Gasteiger partial charge in [0.25, 0.3) is 0 Å². The maximum Gasteiger partial charge on any atom is 0.338 e. The smallest absolute Gasteiger partial charge is 0.338 e. The lowest BCUT2D eigenvalue weighted by atomic mass is 9.87. The van der Waals surface area contributed by atoms with Crippen LogP contribution in [-0.2, 0) is 59.6 Å². The van der Waals surface area contributed by atoms with Crippen molar-refractivity contribution in [1.82, 2.24) is 0 Å². The Labute approximate surface area is 357 Å². The normalized spacial score (nSPS) is 26.4. The minimum Gasteiger partial charge on any atom is -0.459 e. The topological polar surface area (TPSA) is 81.7 Å². The van der Waals surface area contributed by atoms with Gasteiger partial charge in [0, 0.05) is 11.8 Å². The van der Waals surface area contributed by atoms with Gasteiger partial charge in [0.15, 0.2) is 0 Å². The second kappa shape index (κ2) is 23.4. The summed E-state index contributed by atoms with van der Waals surface area (Å²) in [7, 11) is 0. The number of esters is 1. The Morgan fingerprint density at radius 1 is 0.450 bits per heavy atom. The maximum absolute atomic E-state index is 12.6. The first-order chi connectivity index (χ1) is 29.3. The van der Waals surface area contributed by atoms with Crippen LogP contribution in [0.2, 0.25) is 0 Å². The first kappa shape index (κ1) is 44.9. The zero-order chi connectivity index (χ0) is 42.1. The molecule has 2 saturated heterocycles. The van der Waals surface area contributed by atoms with Crippen LogP contribution >= 0.6 is 0 Å². The van der Waals surface area contributed by atoms with E-state index in [1.165, 1.54) is 11.1 Å². The monoisotopic (exact) mass is 814 g/mol.